The number of nitrogens with zero attached hydrogens (tertiary/aromatic N) is 2. The van der Waals surface area contributed by atoms with Crippen molar-refractivity contribution in [1.29, 1.82) is 0 Å². The molecule has 0 radical (unpaired) electrons. The van der Waals surface area contributed by atoms with Crippen LogP contribution in [-0.2, 0) is 20.8 Å². The molecular formula is C26H33N3O3. The number of carbonyl (C=O) groups is 3. The predicted octanol–water partition coefficient (Wildman–Crippen LogP) is 3.17. The van der Waals surface area contributed by atoms with Gasteiger partial charge in [-0.2, -0.15) is 0 Å². The summed E-state index contributed by atoms with van der Waals surface area (Å²) in [5.74, 6) is -0.803. The molecule has 0 aromatic heterocycles. The molecule has 2 aromatic carbocycles. The van der Waals surface area contributed by atoms with E-state index in [0.717, 1.165) is 17.5 Å². The third-order valence-electron chi connectivity index (χ3n) is 5.96. The molecule has 0 unspecified atom stereocenters. The van der Waals surface area contributed by atoms with E-state index >= 15 is 0 Å². The van der Waals surface area contributed by atoms with Crippen LogP contribution in [-0.4, -0.2) is 53.7 Å². The number of primary amides is 1. The molecule has 0 spiro atoms. The second-order valence-electron chi connectivity index (χ2n) is 8.60. The smallest absolute Gasteiger partial charge is 0.227 e. The standard InChI is InChI=1S/C26H33N3O3/c1-3-13-28-14-15-29(25(31)12-11-24(27)30)18-23(26(28)32)17-20-7-9-21(10-8-20)22-6-4-5-19(2)16-22/h4-10,16,23H,3,11-15,17-18H2,1-2H3,(H2,27,30)/t23-/m0/s1. The van der Waals surface area contributed by atoms with Crippen LogP contribution in [0.2, 0.25) is 0 Å². The minimum Gasteiger partial charge on any atom is -0.370 e. The average molecular weight is 436 g/mol. The zero-order valence-electron chi connectivity index (χ0n) is 19.0. The Hall–Kier alpha value is -3.15. The van der Waals surface area contributed by atoms with Gasteiger partial charge >= 0.3 is 0 Å². The molecule has 6 nitrogen and oxygen atoms in total. The van der Waals surface area contributed by atoms with E-state index in [2.05, 4.69) is 55.5 Å². The Morgan fingerprint density at radius 3 is 2.44 bits per heavy atom. The van der Waals surface area contributed by atoms with Gasteiger partial charge in [-0.3, -0.25) is 14.4 Å². The van der Waals surface area contributed by atoms with Crippen LogP contribution >= 0.6 is 0 Å². The Morgan fingerprint density at radius 1 is 1.03 bits per heavy atom. The number of rotatable bonds is 8. The number of aryl methyl sites for hydroxylation is 1. The van der Waals surface area contributed by atoms with Crippen molar-refractivity contribution in [3.05, 3.63) is 59.7 Å². The molecule has 2 aromatic rings. The zero-order chi connectivity index (χ0) is 23.1. The van der Waals surface area contributed by atoms with Gasteiger partial charge in [-0.25, -0.2) is 0 Å². The number of benzene rings is 2. The largest absolute Gasteiger partial charge is 0.370 e. The first-order valence-corrected chi connectivity index (χ1v) is 11.4. The molecule has 3 amide bonds. The summed E-state index contributed by atoms with van der Waals surface area (Å²) in [6, 6.07) is 16.7. The first-order chi connectivity index (χ1) is 15.4. The Balaban J connectivity index is 1.75. The third-order valence-corrected chi connectivity index (χ3v) is 5.96. The molecule has 1 aliphatic heterocycles. The van der Waals surface area contributed by atoms with Crippen molar-refractivity contribution in [3.8, 4) is 11.1 Å². The summed E-state index contributed by atoms with van der Waals surface area (Å²) in [5, 5.41) is 0. The lowest BCUT2D eigenvalue weighted by molar-refractivity contribution is -0.135. The van der Waals surface area contributed by atoms with Crippen molar-refractivity contribution in [2.75, 3.05) is 26.2 Å². The van der Waals surface area contributed by atoms with E-state index in [9.17, 15) is 14.4 Å². The minimum atomic E-state index is -0.484. The molecule has 1 aliphatic rings. The zero-order valence-corrected chi connectivity index (χ0v) is 19.0. The lowest BCUT2D eigenvalue weighted by atomic mass is 9.95. The summed E-state index contributed by atoms with van der Waals surface area (Å²) < 4.78 is 0. The molecule has 0 aliphatic carbocycles. The Labute approximate surface area is 190 Å². The first kappa shape index (κ1) is 23.5. The fourth-order valence-electron chi connectivity index (χ4n) is 4.25. The van der Waals surface area contributed by atoms with Crippen LogP contribution in [0.1, 0.15) is 37.3 Å². The molecule has 3 rings (SSSR count). The SMILES string of the molecule is CCCN1CCN(C(=O)CCC(N)=O)C[C@H](Cc2ccc(-c3cccc(C)c3)cc2)C1=O. The van der Waals surface area contributed by atoms with Gasteiger partial charge in [-0.05, 0) is 36.5 Å². The quantitative estimate of drug-likeness (QED) is 0.691. The molecule has 0 bridgehead atoms. The second-order valence-corrected chi connectivity index (χ2v) is 8.60. The van der Waals surface area contributed by atoms with Gasteiger partial charge in [0.15, 0.2) is 0 Å². The lowest BCUT2D eigenvalue weighted by Gasteiger charge is -2.24. The van der Waals surface area contributed by atoms with E-state index in [4.69, 9.17) is 5.73 Å². The number of hydrogen-bond acceptors (Lipinski definition) is 3. The second kappa shape index (κ2) is 10.9. The van der Waals surface area contributed by atoms with Gasteiger partial charge in [0, 0.05) is 39.0 Å². The van der Waals surface area contributed by atoms with Gasteiger partial charge in [0.25, 0.3) is 0 Å². The molecule has 1 saturated heterocycles. The highest BCUT2D eigenvalue weighted by Gasteiger charge is 2.31. The van der Waals surface area contributed by atoms with Gasteiger partial charge in [0.05, 0.1) is 5.92 Å². The summed E-state index contributed by atoms with van der Waals surface area (Å²) in [7, 11) is 0. The molecule has 6 heteroatoms. The fourth-order valence-corrected chi connectivity index (χ4v) is 4.25. The van der Waals surface area contributed by atoms with Crippen LogP contribution in [0.15, 0.2) is 48.5 Å². The molecule has 1 fully saturated rings. The van der Waals surface area contributed by atoms with Gasteiger partial charge in [0.2, 0.25) is 17.7 Å². The van der Waals surface area contributed by atoms with Crippen LogP contribution in [0, 0.1) is 12.8 Å². The van der Waals surface area contributed by atoms with Crippen LogP contribution in [0.4, 0.5) is 0 Å². The van der Waals surface area contributed by atoms with Crippen molar-refractivity contribution >= 4 is 17.7 Å². The highest BCUT2D eigenvalue weighted by atomic mass is 16.2. The maximum atomic E-state index is 13.2. The summed E-state index contributed by atoms with van der Waals surface area (Å²) in [6.45, 7) is 6.20. The van der Waals surface area contributed by atoms with E-state index < -0.39 is 5.91 Å². The van der Waals surface area contributed by atoms with E-state index in [0.29, 0.717) is 32.6 Å². The van der Waals surface area contributed by atoms with Crippen LogP contribution in [0.25, 0.3) is 11.1 Å². The van der Waals surface area contributed by atoms with Crippen molar-refractivity contribution in [1.82, 2.24) is 9.80 Å². The first-order valence-electron chi connectivity index (χ1n) is 11.4. The summed E-state index contributed by atoms with van der Waals surface area (Å²) >= 11 is 0. The average Bonchev–Trinajstić information content (AvgIpc) is 2.92. The Bertz CT molecular complexity index is 955. The van der Waals surface area contributed by atoms with Gasteiger partial charge < -0.3 is 15.5 Å². The number of hydrogen-bond donors (Lipinski definition) is 1. The van der Waals surface area contributed by atoms with Crippen molar-refractivity contribution < 1.29 is 14.4 Å². The summed E-state index contributed by atoms with van der Waals surface area (Å²) in [4.78, 5) is 40.5. The topological polar surface area (TPSA) is 83.7 Å². The number of nitrogens with two attached hydrogens (primary N) is 1. The normalized spacial score (nSPS) is 16.7. The summed E-state index contributed by atoms with van der Waals surface area (Å²) in [6.07, 6.45) is 1.58. The Morgan fingerprint density at radius 2 is 1.78 bits per heavy atom. The minimum absolute atomic E-state index is 0.0348. The molecule has 1 heterocycles. The van der Waals surface area contributed by atoms with E-state index in [1.54, 1.807) is 4.90 Å². The highest BCUT2D eigenvalue weighted by molar-refractivity contribution is 5.85. The summed E-state index contributed by atoms with van der Waals surface area (Å²) in [5.41, 5.74) is 9.80. The van der Waals surface area contributed by atoms with Crippen molar-refractivity contribution in [3.63, 3.8) is 0 Å². The van der Waals surface area contributed by atoms with Crippen molar-refractivity contribution in [2.45, 2.75) is 39.5 Å². The number of carbonyl (C=O) groups excluding carboxylic acids is 3. The lowest BCUT2D eigenvalue weighted by Crippen LogP contribution is -2.38. The van der Waals surface area contributed by atoms with E-state index in [1.807, 2.05) is 11.8 Å². The van der Waals surface area contributed by atoms with Crippen LogP contribution < -0.4 is 5.73 Å². The van der Waals surface area contributed by atoms with Gasteiger partial charge in [-0.15, -0.1) is 0 Å². The molecule has 170 valence electrons. The predicted molar refractivity (Wildman–Crippen MR) is 126 cm³/mol. The van der Waals surface area contributed by atoms with Crippen LogP contribution in [0.5, 0.6) is 0 Å². The highest BCUT2D eigenvalue weighted by Crippen LogP contribution is 2.23. The Kier molecular flexibility index (Phi) is 8.03. The maximum Gasteiger partial charge on any atom is 0.227 e. The molecule has 32 heavy (non-hydrogen) atoms. The fraction of sp³-hybridized carbons (Fsp3) is 0.423. The molecular weight excluding hydrogens is 402 g/mol. The molecule has 1 atom stereocenters. The van der Waals surface area contributed by atoms with Crippen molar-refractivity contribution in [2.24, 2.45) is 11.7 Å². The van der Waals surface area contributed by atoms with Gasteiger partial charge in [0.1, 0.15) is 0 Å². The van der Waals surface area contributed by atoms with Gasteiger partial charge in [-0.1, -0.05) is 61.0 Å². The maximum absolute atomic E-state index is 13.2. The third kappa shape index (κ3) is 6.19. The van der Waals surface area contributed by atoms with E-state index in [-0.39, 0.29) is 30.6 Å². The van der Waals surface area contributed by atoms with E-state index in [1.165, 1.54) is 11.1 Å². The van der Waals surface area contributed by atoms with Crippen LogP contribution in [0.3, 0.4) is 0 Å². The monoisotopic (exact) mass is 435 g/mol. The molecule has 0 saturated carbocycles. The molecule has 2 N–H and O–H groups in total. The number of amides is 3.